The Balaban J connectivity index is 1.62. The molecule has 11 atom stereocenters. The van der Waals surface area contributed by atoms with Crippen molar-refractivity contribution in [2.45, 2.75) is 103 Å². The van der Waals surface area contributed by atoms with Crippen LogP contribution in [0.25, 0.3) is 0 Å². The molecule has 0 heterocycles. The Labute approximate surface area is 221 Å². The molecule has 0 saturated heterocycles. The summed E-state index contributed by atoms with van der Waals surface area (Å²) in [5.74, 6) is 0.391. The number of aliphatic hydroxyl groups is 2. The highest BCUT2D eigenvalue weighted by atomic mass is 32.2. The molecule has 6 nitrogen and oxygen atoms in total. The van der Waals surface area contributed by atoms with Gasteiger partial charge in [0, 0.05) is 28.4 Å². The number of Topliss-reactive ketones (excluding diaryl/α,β-unsaturated/α-hetero) is 1. The van der Waals surface area contributed by atoms with Crippen molar-refractivity contribution < 1.29 is 24.5 Å². The van der Waals surface area contributed by atoms with Crippen LogP contribution >= 0.6 is 11.8 Å². The fraction of sp³-hybridized carbons (Fsp3) is 0.862. The number of carbonyl (C=O) groups is 2. The quantitative estimate of drug-likeness (QED) is 0.342. The Kier molecular flexibility index (Phi) is 8.09. The normalized spacial score (nSPS) is 48.7. The summed E-state index contributed by atoms with van der Waals surface area (Å²) < 4.78 is 6.33. The molecule has 0 amide bonds. The minimum absolute atomic E-state index is 0.00667. The number of aliphatic hydroxyl groups excluding tert-OH is 2. The van der Waals surface area contributed by atoms with Crippen LogP contribution in [-0.2, 0) is 14.3 Å². The van der Waals surface area contributed by atoms with Crippen molar-refractivity contribution in [2.24, 2.45) is 45.7 Å². The molecular weight excluding hydrogens is 474 g/mol. The second-order valence-electron chi connectivity index (χ2n) is 12.8. The largest absolute Gasteiger partial charge is 0.461 e. The van der Waals surface area contributed by atoms with E-state index in [9.17, 15) is 19.8 Å². The lowest BCUT2D eigenvalue weighted by atomic mass is 9.44. The maximum atomic E-state index is 13.5. The second kappa shape index (κ2) is 10.3. The maximum absolute atomic E-state index is 13.5. The molecule has 0 aromatic rings. The Hall–Kier alpha value is -0.890. The average molecular weight is 522 g/mol. The Bertz CT molecular complexity index is 865. The molecule has 36 heavy (non-hydrogen) atoms. The van der Waals surface area contributed by atoms with Crippen molar-refractivity contribution in [1.82, 2.24) is 0 Å². The third-order valence-electron chi connectivity index (χ3n) is 11.2. The highest BCUT2D eigenvalue weighted by molar-refractivity contribution is 8.00. The Morgan fingerprint density at radius 3 is 2.61 bits per heavy atom. The lowest BCUT2D eigenvalue weighted by molar-refractivity contribution is -0.205. The lowest BCUT2D eigenvalue weighted by Gasteiger charge is -2.61. The predicted octanol–water partition coefficient (Wildman–Crippen LogP) is 4.11. The van der Waals surface area contributed by atoms with E-state index in [1.807, 2.05) is 13.0 Å². The first kappa shape index (κ1) is 28.1. The van der Waals surface area contributed by atoms with Crippen LogP contribution in [0.2, 0.25) is 0 Å². The molecule has 7 heteroatoms. The minimum Gasteiger partial charge on any atom is -0.461 e. The van der Waals surface area contributed by atoms with Crippen molar-refractivity contribution >= 4 is 23.5 Å². The molecular formula is C29H47NO5S. The van der Waals surface area contributed by atoms with Gasteiger partial charge in [0.1, 0.15) is 11.9 Å². The van der Waals surface area contributed by atoms with Gasteiger partial charge >= 0.3 is 5.97 Å². The van der Waals surface area contributed by atoms with Crippen LogP contribution in [0.4, 0.5) is 0 Å². The highest BCUT2D eigenvalue weighted by Gasteiger charge is 2.68. The Morgan fingerprint density at radius 2 is 1.94 bits per heavy atom. The molecule has 0 radical (unpaired) electrons. The fourth-order valence-corrected chi connectivity index (χ4v) is 9.95. The number of ketones is 1. The summed E-state index contributed by atoms with van der Waals surface area (Å²) in [5, 5.41) is 22.1. The molecule has 4 aliphatic carbocycles. The van der Waals surface area contributed by atoms with Gasteiger partial charge in [0.15, 0.2) is 0 Å². The number of esters is 1. The van der Waals surface area contributed by atoms with Crippen molar-refractivity contribution in [3.8, 4) is 0 Å². The molecule has 0 aliphatic heterocycles. The summed E-state index contributed by atoms with van der Waals surface area (Å²) in [4.78, 5) is 26.8. The van der Waals surface area contributed by atoms with Crippen molar-refractivity contribution in [3.05, 3.63) is 12.7 Å². The smallest absolute Gasteiger partial charge is 0.316 e. The molecule has 4 saturated carbocycles. The van der Waals surface area contributed by atoms with E-state index in [0.29, 0.717) is 25.3 Å². The second-order valence-corrected chi connectivity index (χ2v) is 14.0. The van der Waals surface area contributed by atoms with Crippen LogP contribution in [0.5, 0.6) is 0 Å². The zero-order chi connectivity index (χ0) is 26.5. The molecule has 4 fully saturated rings. The van der Waals surface area contributed by atoms with Gasteiger partial charge in [-0.15, -0.1) is 18.3 Å². The number of ether oxygens (including phenoxy) is 1. The summed E-state index contributed by atoms with van der Waals surface area (Å²) in [6.07, 6.45) is 6.43. The molecule has 4 aliphatic rings. The van der Waals surface area contributed by atoms with E-state index in [2.05, 4.69) is 27.4 Å². The van der Waals surface area contributed by atoms with Crippen LogP contribution in [0.3, 0.4) is 0 Å². The molecule has 4 N–H and O–H groups in total. The number of thioether (sulfide) groups is 1. The number of nitrogens with two attached hydrogens (primary N) is 1. The van der Waals surface area contributed by atoms with Crippen LogP contribution in [0, 0.1) is 39.9 Å². The minimum atomic E-state index is -0.664. The summed E-state index contributed by atoms with van der Waals surface area (Å²) in [7, 11) is 0. The van der Waals surface area contributed by atoms with E-state index in [-0.39, 0.29) is 45.9 Å². The molecule has 0 spiro atoms. The number of carbonyl (C=O) groups excluding carboxylic acids is 2. The van der Waals surface area contributed by atoms with E-state index in [4.69, 9.17) is 10.5 Å². The van der Waals surface area contributed by atoms with Gasteiger partial charge in [0.25, 0.3) is 0 Å². The zero-order valence-corrected chi connectivity index (χ0v) is 23.4. The summed E-state index contributed by atoms with van der Waals surface area (Å²) >= 11 is 1.48. The first-order valence-corrected chi connectivity index (χ1v) is 15.0. The predicted molar refractivity (Wildman–Crippen MR) is 143 cm³/mol. The van der Waals surface area contributed by atoms with Gasteiger partial charge < -0.3 is 20.7 Å². The van der Waals surface area contributed by atoms with E-state index >= 15 is 0 Å². The van der Waals surface area contributed by atoms with Gasteiger partial charge in [-0.3, -0.25) is 9.59 Å². The third kappa shape index (κ3) is 4.40. The molecule has 4 rings (SSSR count). The van der Waals surface area contributed by atoms with Crippen molar-refractivity contribution in [2.75, 3.05) is 12.3 Å². The van der Waals surface area contributed by atoms with Gasteiger partial charge in [-0.2, -0.15) is 0 Å². The summed E-state index contributed by atoms with van der Waals surface area (Å²) in [6, 6.07) is 0. The zero-order valence-electron chi connectivity index (χ0n) is 22.6. The third-order valence-corrected chi connectivity index (χ3v) is 12.7. The van der Waals surface area contributed by atoms with E-state index in [0.717, 1.165) is 38.5 Å². The standard InChI is InChI=1S/C29H47NO5S/c1-6-27(4)15-22(35-23(33)16-36-24-19(11-14-30)7-8-20(24)31)28(5)17(2)9-12-29(18(3)26(27)34)13-10-21(32)25(28)29/h6,17-20,22,24-26,31,34H,1,7-16,30H2,2-5H3/t17?,18-,19+,20+,22+,24+,25-,26?,27+,28-,29?/m0/s1. The van der Waals surface area contributed by atoms with E-state index in [1.54, 1.807) is 0 Å². The average Bonchev–Trinajstić information content (AvgIpc) is 3.38. The molecule has 0 aromatic carbocycles. The monoisotopic (exact) mass is 521 g/mol. The van der Waals surface area contributed by atoms with Gasteiger partial charge in [-0.05, 0) is 74.7 Å². The summed E-state index contributed by atoms with van der Waals surface area (Å²) in [6.45, 7) is 13.1. The SMILES string of the molecule is C=C[C@]1(C)C[C@@H](OC(=O)CS[C@@H]2[C@@H](CCN)CC[C@H]2O)[C@]2(C)C(C)CCC3(CCC(=O)[C@H]32)[C@@H](C)C1O. The molecule has 3 unspecified atom stereocenters. The summed E-state index contributed by atoms with van der Waals surface area (Å²) in [5.41, 5.74) is 4.37. The van der Waals surface area contributed by atoms with Gasteiger partial charge in [-0.1, -0.05) is 33.8 Å². The number of rotatable bonds is 7. The van der Waals surface area contributed by atoms with Gasteiger partial charge in [-0.25, -0.2) is 0 Å². The van der Waals surface area contributed by atoms with Crippen molar-refractivity contribution in [3.63, 3.8) is 0 Å². The molecule has 0 aromatic heterocycles. The maximum Gasteiger partial charge on any atom is 0.316 e. The highest BCUT2D eigenvalue weighted by Crippen LogP contribution is 2.68. The van der Waals surface area contributed by atoms with E-state index in [1.165, 1.54) is 11.8 Å². The van der Waals surface area contributed by atoms with Crippen LogP contribution < -0.4 is 5.73 Å². The first-order chi connectivity index (χ1) is 16.9. The van der Waals surface area contributed by atoms with Gasteiger partial charge in [0.2, 0.25) is 0 Å². The number of hydrogen-bond acceptors (Lipinski definition) is 7. The number of hydrogen-bond donors (Lipinski definition) is 3. The first-order valence-electron chi connectivity index (χ1n) is 14.0. The Morgan fingerprint density at radius 1 is 1.22 bits per heavy atom. The fourth-order valence-electron chi connectivity index (χ4n) is 8.66. The van der Waals surface area contributed by atoms with Crippen LogP contribution in [0.15, 0.2) is 12.7 Å². The topological polar surface area (TPSA) is 110 Å². The van der Waals surface area contributed by atoms with Gasteiger partial charge in [0.05, 0.1) is 18.0 Å². The van der Waals surface area contributed by atoms with Crippen LogP contribution in [0.1, 0.15) is 79.1 Å². The van der Waals surface area contributed by atoms with Crippen molar-refractivity contribution in [1.29, 1.82) is 0 Å². The molecule has 2 bridgehead atoms. The lowest BCUT2D eigenvalue weighted by Crippen LogP contribution is -2.63. The van der Waals surface area contributed by atoms with E-state index < -0.39 is 29.1 Å². The molecule has 204 valence electrons. The van der Waals surface area contributed by atoms with Crippen LogP contribution in [-0.4, -0.2) is 57.8 Å².